The Morgan fingerprint density at radius 3 is 1.83 bits per heavy atom. The summed E-state index contributed by atoms with van der Waals surface area (Å²) in [6.07, 6.45) is -2.21. The highest BCUT2D eigenvalue weighted by molar-refractivity contribution is 6.77. The second kappa shape index (κ2) is 13.6. The van der Waals surface area contributed by atoms with E-state index in [-0.39, 0.29) is 35.8 Å². The normalized spacial score (nSPS) is 13.7. The topological polar surface area (TPSA) is 140 Å². The molecule has 0 fully saturated rings. The van der Waals surface area contributed by atoms with Crippen molar-refractivity contribution >= 4 is 31.9 Å². The number of benzene rings is 1. The summed E-state index contributed by atoms with van der Waals surface area (Å²) < 4.78 is 11.6. The van der Waals surface area contributed by atoms with Gasteiger partial charge in [-0.15, -0.1) is 0 Å². The molecule has 0 aromatic heterocycles. The molecular weight excluding hydrogens is 466 g/mol. The number of hydrogen-bond donors (Lipinski definition) is 4. The summed E-state index contributed by atoms with van der Waals surface area (Å²) >= 11 is 0. The van der Waals surface area contributed by atoms with Crippen LogP contribution in [0.25, 0.3) is 0 Å². The predicted molar refractivity (Wildman–Crippen MR) is 139 cm³/mol. The van der Waals surface area contributed by atoms with E-state index in [0.717, 1.165) is 0 Å². The van der Waals surface area contributed by atoms with E-state index in [1.54, 1.807) is 38.1 Å². The zero-order chi connectivity index (χ0) is 26.9. The fourth-order valence-corrected chi connectivity index (χ4v) is 10.2. The Morgan fingerprint density at radius 2 is 1.43 bits per heavy atom. The minimum absolute atomic E-state index is 0.0194. The summed E-state index contributed by atoms with van der Waals surface area (Å²) in [7, 11) is -2.33. The second-order valence-electron chi connectivity index (χ2n) is 10.1. The quantitative estimate of drug-likeness (QED) is 0.297. The molecule has 0 radical (unpaired) electrons. The maximum absolute atomic E-state index is 13.3. The fraction of sp³-hybridized carbons (Fsp3) is 0.640. The molecule has 0 heterocycles. The molecule has 0 bridgehead atoms. The largest absolute Gasteiger partial charge is 0.436 e. The molecule has 2 atom stereocenters. The van der Waals surface area contributed by atoms with Crippen LogP contribution in [0.2, 0.25) is 16.6 Å². The zero-order valence-electron chi connectivity index (χ0n) is 22.3. The summed E-state index contributed by atoms with van der Waals surface area (Å²) in [6.45, 7) is 16.1. The van der Waals surface area contributed by atoms with E-state index in [4.69, 9.17) is 14.9 Å². The first-order valence-electron chi connectivity index (χ1n) is 12.2. The lowest BCUT2D eigenvalue weighted by molar-refractivity contribution is -0.135. The fourth-order valence-electron chi connectivity index (χ4n) is 4.70. The molecule has 0 spiro atoms. The van der Waals surface area contributed by atoms with Gasteiger partial charge in [0.1, 0.15) is 6.04 Å². The molecule has 5 N–H and O–H groups in total. The summed E-state index contributed by atoms with van der Waals surface area (Å²) in [5, 5.41) is 14.8. The Bertz CT molecular complexity index is 820. The van der Waals surface area contributed by atoms with Crippen molar-refractivity contribution in [3.05, 3.63) is 29.8 Å². The van der Waals surface area contributed by atoms with E-state index < -0.39 is 38.4 Å². The molecule has 1 aromatic rings. The number of ether oxygens (including phenoxy) is 1. The molecule has 35 heavy (non-hydrogen) atoms. The van der Waals surface area contributed by atoms with E-state index in [9.17, 15) is 19.5 Å². The van der Waals surface area contributed by atoms with Gasteiger partial charge in [-0.2, -0.15) is 0 Å². The van der Waals surface area contributed by atoms with Gasteiger partial charge in [0.2, 0.25) is 5.91 Å². The van der Waals surface area contributed by atoms with Crippen molar-refractivity contribution in [1.82, 2.24) is 5.32 Å². The Kier molecular flexibility index (Phi) is 11.9. The monoisotopic (exact) mass is 509 g/mol. The van der Waals surface area contributed by atoms with Crippen LogP contribution in [0.1, 0.15) is 61.0 Å². The third kappa shape index (κ3) is 8.33. The standard InChI is InChI=1S/C25H43N3O6Si/c1-15(2)22(34-25(26)32)24(31)28-21(14-33-35(16(3)4,17(5)6)18(7)8)23(30)27-20-11-9-19(13-29)10-12-20/h9-12,15-18,21-22,29H,13-14H2,1-8H3,(H2,26,32)(H,27,30)(H,28,31). The molecule has 0 aliphatic rings. The van der Waals surface area contributed by atoms with Crippen LogP contribution < -0.4 is 16.4 Å². The number of rotatable bonds is 13. The molecule has 1 aromatic carbocycles. The van der Waals surface area contributed by atoms with Crippen LogP contribution in [0.3, 0.4) is 0 Å². The Hall–Kier alpha value is -2.43. The van der Waals surface area contributed by atoms with E-state index in [1.165, 1.54) is 0 Å². The number of primary amides is 1. The SMILES string of the molecule is CC(C)C(OC(N)=O)C(=O)NC(CO[Si](C(C)C)(C(C)C)C(C)C)C(=O)Nc1ccc(CO)cc1. The number of amides is 3. The Morgan fingerprint density at radius 1 is 0.914 bits per heavy atom. The minimum Gasteiger partial charge on any atom is -0.436 e. The number of aliphatic hydroxyl groups excluding tert-OH is 1. The average Bonchev–Trinajstić information content (AvgIpc) is 2.76. The lowest BCUT2D eigenvalue weighted by atomic mass is 10.1. The second-order valence-corrected chi connectivity index (χ2v) is 15.6. The first-order chi connectivity index (χ1) is 16.3. The first kappa shape index (κ1) is 30.6. The predicted octanol–water partition coefficient (Wildman–Crippen LogP) is 3.91. The number of carbonyl (C=O) groups is 3. The van der Waals surface area contributed by atoms with Gasteiger partial charge in [0, 0.05) is 5.69 Å². The third-order valence-corrected chi connectivity index (χ3v) is 12.4. The van der Waals surface area contributed by atoms with Crippen molar-refractivity contribution in [3.8, 4) is 0 Å². The summed E-state index contributed by atoms with van der Waals surface area (Å²) in [4.78, 5) is 37.6. The van der Waals surface area contributed by atoms with Gasteiger partial charge in [0.15, 0.2) is 14.4 Å². The first-order valence-corrected chi connectivity index (χ1v) is 14.3. The molecule has 0 saturated heterocycles. The van der Waals surface area contributed by atoms with Crippen molar-refractivity contribution in [1.29, 1.82) is 0 Å². The van der Waals surface area contributed by atoms with Gasteiger partial charge in [-0.25, -0.2) is 4.79 Å². The molecule has 3 amide bonds. The van der Waals surface area contributed by atoms with Crippen molar-refractivity contribution < 1.29 is 28.7 Å². The van der Waals surface area contributed by atoms with Crippen LogP contribution in [0.5, 0.6) is 0 Å². The molecule has 9 nitrogen and oxygen atoms in total. The summed E-state index contributed by atoms with van der Waals surface area (Å²) in [6, 6.07) is 5.71. The van der Waals surface area contributed by atoms with Crippen LogP contribution in [-0.2, 0) is 25.4 Å². The van der Waals surface area contributed by atoms with Gasteiger partial charge in [-0.05, 0) is 40.2 Å². The minimum atomic E-state index is -2.33. The van der Waals surface area contributed by atoms with Gasteiger partial charge in [0.05, 0.1) is 13.2 Å². The Labute approximate surface area is 210 Å². The van der Waals surface area contributed by atoms with E-state index in [2.05, 4.69) is 52.2 Å². The number of hydrogen-bond acceptors (Lipinski definition) is 6. The number of nitrogens with one attached hydrogen (secondary N) is 2. The lowest BCUT2D eigenvalue weighted by Crippen LogP contribution is -2.55. The molecule has 10 heteroatoms. The maximum atomic E-state index is 13.3. The molecule has 0 saturated carbocycles. The highest BCUT2D eigenvalue weighted by Gasteiger charge is 2.46. The smallest absolute Gasteiger partial charge is 0.405 e. The van der Waals surface area contributed by atoms with Gasteiger partial charge in [-0.1, -0.05) is 67.5 Å². The van der Waals surface area contributed by atoms with Gasteiger partial charge in [0.25, 0.3) is 5.91 Å². The highest BCUT2D eigenvalue weighted by Crippen LogP contribution is 2.42. The van der Waals surface area contributed by atoms with Crippen LogP contribution in [0.4, 0.5) is 10.5 Å². The summed E-state index contributed by atoms with van der Waals surface area (Å²) in [5.41, 5.74) is 7.23. The molecule has 1 rings (SSSR count). The zero-order valence-corrected chi connectivity index (χ0v) is 23.3. The molecule has 2 unspecified atom stereocenters. The summed E-state index contributed by atoms with van der Waals surface area (Å²) in [5.74, 6) is -1.44. The van der Waals surface area contributed by atoms with Gasteiger partial charge in [-0.3, -0.25) is 9.59 Å². The number of aliphatic hydroxyl groups is 1. The van der Waals surface area contributed by atoms with Gasteiger partial charge < -0.3 is 30.6 Å². The van der Waals surface area contributed by atoms with E-state index in [1.807, 2.05) is 0 Å². The molecule has 198 valence electrons. The van der Waals surface area contributed by atoms with Crippen LogP contribution in [-0.4, -0.2) is 50.1 Å². The maximum Gasteiger partial charge on any atom is 0.405 e. The molecule has 0 aliphatic heterocycles. The van der Waals surface area contributed by atoms with E-state index >= 15 is 0 Å². The van der Waals surface area contributed by atoms with E-state index in [0.29, 0.717) is 11.3 Å². The number of carbonyl (C=O) groups excluding carboxylic acids is 3. The van der Waals surface area contributed by atoms with Crippen molar-refractivity contribution in [3.63, 3.8) is 0 Å². The van der Waals surface area contributed by atoms with Crippen molar-refractivity contribution in [2.75, 3.05) is 11.9 Å². The van der Waals surface area contributed by atoms with Crippen LogP contribution >= 0.6 is 0 Å². The number of anilines is 1. The van der Waals surface area contributed by atoms with Crippen molar-refractivity contribution in [2.45, 2.75) is 90.8 Å². The molecule has 0 aliphatic carbocycles. The van der Waals surface area contributed by atoms with Crippen LogP contribution in [0.15, 0.2) is 24.3 Å². The average molecular weight is 510 g/mol. The number of nitrogens with two attached hydrogens (primary N) is 1. The highest BCUT2D eigenvalue weighted by atomic mass is 28.4. The Balaban J connectivity index is 3.23. The van der Waals surface area contributed by atoms with Gasteiger partial charge >= 0.3 is 6.09 Å². The van der Waals surface area contributed by atoms with Crippen LogP contribution in [0, 0.1) is 5.92 Å². The third-order valence-electron chi connectivity index (χ3n) is 6.35. The molecular formula is C25H43N3O6Si. The van der Waals surface area contributed by atoms with Crippen molar-refractivity contribution in [2.24, 2.45) is 11.7 Å². The lowest BCUT2D eigenvalue weighted by Gasteiger charge is -2.43.